The van der Waals surface area contributed by atoms with E-state index in [9.17, 15) is 15.0 Å². The van der Waals surface area contributed by atoms with Crippen molar-refractivity contribution in [2.24, 2.45) is 0 Å². The molecule has 2 aromatic carbocycles. The van der Waals surface area contributed by atoms with Gasteiger partial charge >= 0.3 is 0 Å². The fourth-order valence-electron chi connectivity index (χ4n) is 2.68. The van der Waals surface area contributed by atoms with Crippen molar-refractivity contribution in [2.75, 3.05) is 27.6 Å². The summed E-state index contributed by atoms with van der Waals surface area (Å²) in [6.45, 7) is 0.348. The van der Waals surface area contributed by atoms with Crippen molar-refractivity contribution in [3.05, 3.63) is 35.4 Å². The minimum atomic E-state index is -0.360. The Labute approximate surface area is 149 Å². The van der Waals surface area contributed by atoms with Gasteiger partial charge in [-0.3, -0.25) is 4.79 Å². The summed E-state index contributed by atoms with van der Waals surface area (Å²) < 4.78 is 21.3. The predicted molar refractivity (Wildman–Crippen MR) is 91.5 cm³/mol. The number of hydrogen-bond donors (Lipinski definition) is 3. The Bertz CT molecular complexity index is 835. The molecule has 1 aliphatic rings. The van der Waals surface area contributed by atoms with Gasteiger partial charge < -0.3 is 34.5 Å². The van der Waals surface area contributed by atoms with E-state index >= 15 is 0 Å². The minimum absolute atomic E-state index is 0.0253. The topological polar surface area (TPSA) is 106 Å². The van der Waals surface area contributed by atoms with Gasteiger partial charge in [0.05, 0.1) is 19.8 Å². The van der Waals surface area contributed by atoms with E-state index in [-0.39, 0.29) is 35.5 Å². The maximum atomic E-state index is 12.6. The Balaban J connectivity index is 1.74. The summed E-state index contributed by atoms with van der Waals surface area (Å²) in [6, 6.07) is 6.06. The van der Waals surface area contributed by atoms with Gasteiger partial charge in [-0.25, -0.2) is 0 Å². The number of ether oxygens (including phenoxy) is 4. The first-order valence-corrected chi connectivity index (χ1v) is 7.88. The summed E-state index contributed by atoms with van der Waals surface area (Å²) in [7, 11) is 2.92. The Morgan fingerprint density at radius 3 is 2.58 bits per heavy atom. The van der Waals surface area contributed by atoms with Crippen LogP contribution < -0.4 is 24.3 Å². The molecule has 0 bridgehead atoms. The lowest BCUT2D eigenvalue weighted by molar-refractivity contribution is 0.0950. The molecule has 8 heteroatoms. The van der Waals surface area contributed by atoms with Crippen molar-refractivity contribution in [1.29, 1.82) is 0 Å². The molecule has 0 fully saturated rings. The molecule has 0 aromatic heterocycles. The Kier molecular flexibility index (Phi) is 4.92. The van der Waals surface area contributed by atoms with Crippen molar-refractivity contribution >= 4 is 5.91 Å². The number of amides is 1. The van der Waals surface area contributed by atoms with Crippen LogP contribution in [0.1, 0.15) is 15.9 Å². The smallest absolute Gasteiger partial charge is 0.255 e. The fourth-order valence-corrected chi connectivity index (χ4v) is 2.68. The molecule has 138 valence electrons. The molecular weight excluding hydrogens is 342 g/mol. The number of rotatable bonds is 6. The average molecular weight is 361 g/mol. The highest BCUT2D eigenvalue weighted by Gasteiger charge is 2.29. The van der Waals surface area contributed by atoms with E-state index in [4.69, 9.17) is 18.9 Å². The summed E-state index contributed by atoms with van der Waals surface area (Å²) in [5, 5.41) is 21.6. The zero-order chi connectivity index (χ0) is 18.7. The first kappa shape index (κ1) is 17.5. The number of fused-ring (bicyclic) bond motifs is 1. The summed E-state index contributed by atoms with van der Waals surface area (Å²) in [6.07, 6.45) is 0.476. The third-order valence-corrected chi connectivity index (χ3v) is 3.97. The summed E-state index contributed by atoms with van der Waals surface area (Å²) in [5.41, 5.74) is 1.04. The first-order chi connectivity index (χ1) is 12.5. The lowest BCUT2D eigenvalue weighted by atomic mass is 10.1. The molecule has 0 spiro atoms. The number of aromatic hydroxyl groups is 2. The molecule has 1 heterocycles. The van der Waals surface area contributed by atoms with Gasteiger partial charge in [-0.15, -0.1) is 0 Å². The standard InChI is InChI=1S/C18H19NO7/c1-23-14-8-11(15(24-2)17-16(14)25-9-26-17)18(22)19-6-5-10-3-4-12(20)13(21)7-10/h3-4,7-8,20-21H,5-6,9H2,1-2H3,(H,19,22). The van der Waals surface area contributed by atoms with Gasteiger partial charge in [-0.2, -0.15) is 0 Å². The lowest BCUT2D eigenvalue weighted by Crippen LogP contribution is -2.26. The van der Waals surface area contributed by atoms with Crippen LogP contribution in [0.2, 0.25) is 0 Å². The van der Waals surface area contributed by atoms with Crippen LogP contribution in [0.25, 0.3) is 0 Å². The number of phenols is 2. The number of benzene rings is 2. The lowest BCUT2D eigenvalue weighted by Gasteiger charge is -2.14. The number of phenolic OH excluding ortho intramolecular Hbond substituents is 2. The van der Waals surface area contributed by atoms with E-state index < -0.39 is 0 Å². The normalized spacial score (nSPS) is 11.9. The monoisotopic (exact) mass is 361 g/mol. The van der Waals surface area contributed by atoms with Crippen molar-refractivity contribution in [3.63, 3.8) is 0 Å². The molecule has 0 saturated carbocycles. The van der Waals surface area contributed by atoms with E-state index in [2.05, 4.69) is 5.32 Å². The number of carbonyl (C=O) groups excluding carboxylic acids is 1. The highest BCUT2D eigenvalue weighted by atomic mass is 16.7. The quantitative estimate of drug-likeness (QED) is 0.674. The zero-order valence-corrected chi connectivity index (χ0v) is 14.4. The van der Waals surface area contributed by atoms with E-state index in [1.165, 1.54) is 32.4 Å². The molecule has 0 unspecified atom stereocenters. The Hall–Kier alpha value is -3.29. The van der Waals surface area contributed by atoms with Crippen molar-refractivity contribution < 1.29 is 34.0 Å². The van der Waals surface area contributed by atoms with Gasteiger partial charge in [-0.1, -0.05) is 6.07 Å². The average Bonchev–Trinajstić information content (AvgIpc) is 3.12. The third-order valence-electron chi connectivity index (χ3n) is 3.97. The van der Waals surface area contributed by atoms with Gasteiger partial charge in [0.25, 0.3) is 5.91 Å². The van der Waals surface area contributed by atoms with Crippen molar-refractivity contribution in [3.8, 4) is 34.5 Å². The van der Waals surface area contributed by atoms with Crippen molar-refractivity contribution in [2.45, 2.75) is 6.42 Å². The van der Waals surface area contributed by atoms with Crippen LogP contribution in [0.3, 0.4) is 0 Å². The second-order valence-electron chi connectivity index (χ2n) is 5.55. The Morgan fingerprint density at radius 2 is 1.88 bits per heavy atom. The fraction of sp³-hybridized carbons (Fsp3) is 0.278. The molecule has 2 aromatic rings. The number of nitrogens with one attached hydrogen (secondary N) is 1. The maximum absolute atomic E-state index is 12.6. The van der Waals surface area contributed by atoms with Crippen LogP contribution in [0.4, 0.5) is 0 Å². The highest BCUT2D eigenvalue weighted by molar-refractivity contribution is 5.99. The maximum Gasteiger partial charge on any atom is 0.255 e. The Morgan fingerprint density at radius 1 is 1.12 bits per heavy atom. The molecular formula is C18H19NO7. The number of methoxy groups -OCH3 is 2. The van der Waals surface area contributed by atoms with Gasteiger partial charge in [0.2, 0.25) is 18.3 Å². The second kappa shape index (κ2) is 7.30. The van der Waals surface area contributed by atoms with Crippen LogP contribution in [0.5, 0.6) is 34.5 Å². The zero-order valence-electron chi connectivity index (χ0n) is 14.4. The largest absolute Gasteiger partial charge is 0.504 e. The molecule has 0 atom stereocenters. The number of carbonyl (C=O) groups is 1. The van der Waals surface area contributed by atoms with Crippen LogP contribution in [-0.2, 0) is 6.42 Å². The minimum Gasteiger partial charge on any atom is -0.504 e. The third kappa shape index (κ3) is 3.26. The van der Waals surface area contributed by atoms with Gasteiger partial charge in [0.1, 0.15) is 0 Å². The predicted octanol–water partition coefficient (Wildman–Crippen LogP) is 1.82. The van der Waals surface area contributed by atoms with Gasteiger partial charge in [-0.05, 0) is 24.1 Å². The molecule has 1 aliphatic heterocycles. The van der Waals surface area contributed by atoms with Crippen LogP contribution >= 0.6 is 0 Å². The molecule has 8 nitrogen and oxygen atoms in total. The van der Waals surface area contributed by atoms with E-state index in [1.54, 1.807) is 6.07 Å². The molecule has 0 aliphatic carbocycles. The van der Waals surface area contributed by atoms with E-state index in [0.29, 0.717) is 30.2 Å². The molecule has 3 rings (SSSR count). The molecule has 0 saturated heterocycles. The first-order valence-electron chi connectivity index (χ1n) is 7.88. The van der Waals surface area contributed by atoms with E-state index in [0.717, 1.165) is 5.56 Å². The summed E-state index contributed by atoms with van der Waals surface area (Å²) in [4.78, 5) is 12.6. The SMILES string of the molecule is COc1cc(C(=O)NCCc2ccc(O)c(O)c2)c(OC)c2c1OCO2. The second-order valence-corrected chi connectivity index (χ2v) is 5.55. The molecule has 3 N–H and O–H groups in total. The van der Waals surface area contributed by atoms with E-state index in [1.807, 2.05) is 0 Å². The van der Waals surface area contributed by atoms with Gasteiger partial charge in [0, 0.05) is 12.6 Å². The summed E-state index contributed by atoms with van der Waals surface area (Å²) in [5.74, 6) is 0.651. The van der Waals surface area contributed by atoms with Crippen molar-refractivity contribution in [1.82, 2.24) is 5.32 Å². The van der Waals surface area contributed by atoms with Crippen LogP contribution in [0.15, 0.2) is 24.3 Å². The molecule has 0 radical (unpaired) electrons. The van der Waals surface area contributed by atoms with Crippen LogP contribution in [-0.4, -0.2) is 43.7 Å². The van der Waals surface area contributed by atoms with Gasteiger partial charge in [0.15, 0.2) is 23.0 Å². The molecule has 1 amide bonds. The van der Waals surface area contributed by atoms with Crippen LogP contribution in [0, 0.1) is 0 Å². The summed E-state index contributed by atoms with van der Waals surface area (Å²) >= 11 is 0. The molecule has 26 heavy (non-hydrogen) atoms. The number of hydrogen-bond acceptors (Lipinski definition) is 7. The highest BCUT2D eigenvalue weighted by Crippen LogP contribution is 2.49.